The van der Waals surface area contributed by atoms with E-state index in [4.69, 9.17) is 4.84 Å². The Hall–Kier alpha value is -2.95. The van der Waals surface area contributed by atoms with Gasteiger partial charge in [0.1, 0.15) is 11.1 Å². The van der Waals surface area contributed by atoms with Gasteiger partial charge in [-0.1, -0.05) is 24.1 Å². The van der Waals surface area contributed by atoms with Crippen LogP contribution in [0.15, 0.2) is 29.7 Å². The molecule has 1 aromatic rings. The molecule has 0 radical (unpaired) electrons. The number of rotatable bonds is 4. The summed E-state index contributed by atoms with van der Waals surface area (Å²) in [4.78, 5) is 37.1. The summed E-state index contributed by atoms with van der Waals surface area (Å²) in [5.41, 5.74) is -0.298. The van der Waals surface area contributed by atoms with Crippen molar-refractivity contribution in [2.75, 3.05) is 13.1 Å². The Labute approximate surface area is 169 Å². The molecule has 1 aromatic heterocycles. The van der Waals surface area contributed by atoms with Crippen LogP contribution in [0.1, 0.15) is 50.5 Å². The molecule has 4 rings (SSSR count). The van der Waals surface area contributed by atoms with Crippen molar-refractivity contribution < 1.29 is 14.4 Å². The number of aromatic nitrogens is 1. The number of nitrogens with one attached hydrogen (secondary N) is 1. The lowest BCUT2D eigenvalue weighted by molar-refractivity contribution is -0.148. The summed E-state index contributed by atoms with van der Waals surface area (Å²) < 4.78 is 0. The molecule has 0 bridgehead atoms. The second kappa shape index (κ2) is 7.82. The predicted octanol–water partition coefficient (Wildman–Crippen LogP) is 1.92. The largest absolute Gasteiger partial charge is 0.386 e. The first-order chi connectivity index (χ1) is 14.1. The van der Waals surface area contributed by atoms with Crippen LogP contribution in [0.3, 0.4) is 0 Å². The van der Waals surface area contributed by atoms with Crippen molar-refractivity contribution in [1.29, 1.82) is 5.26 Å². The van der Waals surface area contributed by atoms with E-state index in [2.05, 4.69) is 21.5 Å². The average molecular weight is 395 g/mol. The van der Waals surface area contributed by atoms with Gasteiger partial charge in [-0.3, -0.25) is 14.6 Å². The first-order valence-corrected chi connectivity index (χ1v) is 10.2. The number of nitrogens with zero attached hydrogens (tertiary/aromatic N) is 4. The molecule has 2 aliphatic heterocycles. The number of carbonyl (C=O) groups excluding carboxylic acids is 2. The summed E-state index contributed by atoms with van der Waals surface area (Å²) in [5.74, 6) is -0.354. The molecular formula is C21H25N5O3. The van der Waals surface area contributed by atoms with E-state index in [-0.39, 0.29) is 11.8 Å². The van der Waals surface area contributed by atoms with Crippen LogP contribution in [0.5, 0.6) is 0 Å². The third-order valence-electron chi connectivity index (χ3n) is 6.18. The Kier molecular flexibility index (Phi) is 5.22. The van der Waals surface area contributed by atoms with Crippen LogP contribution in [-0.2, 0) is 21.0 Å². The quantitative estimate of drug-likeness (QED) is 0.838. The van der Waals surface area contributed by atoms with Gasteiger partial charge in [0, 0.05) is 31.9 Å². The molecule has 152 valence electrons. The molecule has 1 saturated heterocycles. The Morgan fingerprint density at radius 1 is 1.28 bits per heavy atom. The molecule has 3 aliphatic rings. The lowest BCUT2D eigenvalue weighted by Gasteiger charge is -2.40. The summed E-state index contributed by atoms with van der Waals surface area (Å²) in [7, 11) is 0. The van der Waals surface area contributed by atoms with Crippen molar-refractivity contribution >= 4 is 17.5 Å². The smallest absolute Gasteiger partial charge is 0.269 e. The highest BCUT2D eigenvalue weighted by molar-refractivity contribution is 6.39. The first kappa shape index (κ1) is 19.4. The Morgan fingerprint density at radius 3 is 2.83 bits per heavy atom. The van der Waals surface area contributed by atoms with Crippen molar-refractivity contribution in [1.82, 2.24) is 15.2 Å². The van der Waals surface area contributed by atoms with Crippen LogP contribution in [0.2, 0.25) is 0 Å². The van der Waals surface area contributed by atoms with Crippen LogP contribution in [-0.4, -0.2) is 46.1 Å². The second-order valence-electron chi connectivity index (χ2n) is 8.26. The summed E-state index contributed by atoms with van der Waals surface area (Å²) in [6.45, 7) is 1.36. The highest BCUT2D eigenvalue weighted by atomic mass is 16.7. The summed E-state index contributed by atoms with van der Waals surface area (Å²) in [5, 5.41) is 16.5. The van der Waals surface area contributed by atoms with Gasteiger partial charge < -0.3 is 15.1 Å². The summed E-state index contributed by atoms with van der Waals surface area (Å²) >= 11 is 0. The molecule has 1 aliphatic carbocycles. The molecule has 1 N–H and O–H groups in total. The lowest BCUT2D eigenvalue weighted by atomic mass is 9.83. The van der Waals surface area contributed by atoms with Crippen molar-refractivity contribution in [3.8, 4) is 6.07 Å². The monoisotopic (exact) mass is 395 g/mol. The van der Waals surface area contributed by atoms with E-state index in [0.717, 1.165) is 31.2 Å². The highest BCUT2D eigenvalue weighted by Crippen LogP contribution is 2.41. The van der Waals surface area contributed by atoms with Crippen molar-refractivity contribution in [3.63, 3.8) is 0 Å². The lowest BCUT2D eigenvalue weighted by Crippen LogP contribution is -2.54. The van der Waals surface area contributed by atoms with Crippen LogP contribution in [0.4, 0.5) is 0 Å². The maximum absolute atomic E-state index is 13.1. The predicted molar refractivity (Wildman–Crippen MR) is 104 cm³/mol. The third-order valence-corrected chi connectivity index (χ3v) is 6.18. The molecule has 1 unspecified atom stereocenters. The highest BCUT2D eigenvalue weighted by Gasteiger charge is 2.50. The van der Waals surface area contributed by atoms with Crippen LogP contribution >= 0.6 is 0 Å². The minimum atomic E-state index is -0.887. The molecule has 29 heavy (non-hydrogen) atoms. The van der Waals surface area contributed by atoms with Gasteiger partial charge in [0.05, 0.1) is 12.6 Å². The second-order valence-corrected chi connectivity index (χ2v) is 8.26. The van der Waals surface area contributed by atoms with Crippen molar-refractivity contribution in [2.45, 2.75) is 57.1 Å². The number of hydrogen-bond acceptors (Lipinski definition) is 6. The number of carbonyl (C=O) groups is 2. The van der Waals surface area contributed by atoms with E-state index >= 15 is 0 Å². The van der Waals surface area contributed by atoms with E-state index < -0.39 is 11.0 Å². The molecule has 1 saturated carbocycles. The Balaban J connectivity index is 1.37. The number of nitriles is 1. The van der Waals surface area contributed by atoms with Gasteiger partial charge in [-0.2, -0.15) is 5.26 Å². The Bertz CT molecular complexity index is 857. The fourth-order valence-corrected chi connectivity index (χ4v) is 4.58. The third kappa shape index (κ3) is 3.82. The molecule has 8 heteroatoms. The number of pyridine rings is 1. The van der Waals surface area contributed by atoms with Crippen LogP contribution in [0, 0.1) is 16.7 Å². The zero-order chi connectivity index (χ0) is 20.3. The number of amides is 2. The molecule has 8 nitrogen and oxygen atoms in total. The summed E-state index contributed by atoms with van der Waals surface area (Å²) in [6.07, 6.45) is 8.35. The number of oxime groups is 1. The maximum Gasteiger partial charge on any atom is 0.269 e. The van der Waals surface area contributed by atoms with Gasteiger partial charge in [-0.15, -0.1) is 0 Å². The number of hydrogen-bond donors (Lipinski definition) is 1. The minimum absolute atomic E-state index is 0.0883. The van der Waals surface area contributed by atoms with Gasteiger partial charge in [-0.25, -0.2) is 0 Å². The molecule has 0 aromatic carbocycles. The van der Waals surface area contributed by atoms with E-state index in [1.807, 2.05) is 12.1 Å². The average Bonchev–Trinajstić information content (AvgIpc) is 3.41. The molecule has 1 spiro atoms. The number of likely N-dealkylation sites (tertiary alicyclic amines) is 1. The molecule has 2 fully saturated rings. The zero-order valence-corrected chi connectivity index (χ0v) is 16.4. The topological polar surface area (TPSA) is 108 Å². The minimum Gasteiger partial charge on any atom is -0.386 e. The fourth-order valence-electron chi connectivity index (χ4n) is 4.58. The zero-order valence-electron chi connectivity index (χ0n) is 16.4. The maximum atomic E-state index is 13.1. The van der Waals surface area contributed by atoms with Gasteiger partial charge in [0.15, 0.2) is 5.60 Å². The fraction of sp³-hybridized carbons (Fsp3) is 0.571. The SMILES string of the molecule is N#CC1(C(=O)N2CCCC3(CC(C(=O)NCc4cccnc4)=NO3)C2)CCCC1. The van der Waals surface area contributed by atoms with Gasteiger partial charge in [0.25, 0.3) is 5.91 Å². The van der Waals surface area contributed by atoms with Gasteiger partial charge in [0.2, 0.25) is 5.91 Å². The molecule has 2 amide bonds. The van der Waals surface area contributed by atoms with E-state index in [9.17, 15) is 14.9 Å². The Morgan fingerprint density at radius 2 is 2.10 bits per heavy atom. The standard InChI is InChI=1S/C21H25N5O3/c22-14-20(6-1-2-7-20)19(28)26-10-4-8-21(15-26)11-17(25-29-21)18(27)24-13-16-5-3-9-23-12-16/h3,5,9,12H,1-2,4,6-8,10-11,13,15H2,(H,24,27). The normalized spacial score (nSPS) is 25.2. The molecular weight excluding hydrogens is 370 g/mol. The molecule has 3 heterocycles. The van der Waals surface area contributed by atoms with Crippen LogP contribution < -0.4 is 5.32 Å². The summed E-state index contributed by atoms with van der Waals surface area (Å²) in [6, 6.07) is 5.99. The first-order valence-electron chi connectivity index (χ1n) is 10.2. The van der Waals surface area contributed by atoms with Crippen LogP contribution in [0.25, 0.3) is 0 Å². The number of piperidine rings is 1. The van der Waals surface area contributed by atoms with E-state index in [1.165, 1.54) is 0 Å². The van der Waals surface area contributed by atoms with Gasteiger partial charge in [-0.05, 0) is 37.3 Å². The van der Waals surface area contributed by atoms with Crippen molar-refractivity contribution in [2.24, 2.45) is 10.6 Å². The van der Waals surface area contributed by atoms with E-state index in [0.29, 0.717) is 44.6 Å². The molecule has 1 atom stereocenters. The van der Waals surface area contributed by atoms with Gasteiger partial charge >= 0.3 is 0 Å². The van der Waals surface area contributed by atoms with E-state index in [1.54, 1.807) is 17.3 Å². The van der Waals surface area contributed by atoms with Crippen molar-refractivity contribution in [3.05, 3.63) is 30.1 Å².